The maximum Gasteiger partial charge on any atom is 0.302 e. The first kappa shape index (κ1) is 12.1. The average molecular weight is 346 g/mol. The molecule has 6 nitrogen and oxygen atoms in total. The lowest BCUT2D eigenvalue weighted by Crippen LogP contribution is -2.08. The summed E-state index contributed by atoms with van der Waals surface area (Å²) in [7, 11) is 0. The molecule has 17 heavy (non-hydrogen) atoms. The van der Waals surface area contributed by atoms with Gasteiger partial charge < -0.3 is 15.0 Å². The minimum atomic E-state index is -0.287. The number of carbonyl (C=O) groups is 1. The van der Waals surface area contributed by atoms with E-state index in [0.29, 0.717) is 19.0 Å². The molecule has 2 aromatic rings. The van der Waals surface area contributed by atoms with E-state index in [1.165, 1.54) is 13.3 Å². The molecule has 0 aliphatic carbocycles. The molecule has 0 amide bonds. The highest BCUT2D eigenvalue weighted by Gasteiger charge is 2.11. The Bertz CT molecular complexity index is 567. The van der Waals surface area contributed by atoms with Crippen LogP contribution in [0.3, 0.4) is 0 Å². The predicted octanol–water partition coefficient (Wildman–Crippen LogP) is 1.18. The number of esters is 1. The van der Waals surface area contributed by atoms with Crippen molar-refractivity contribution in [3.8, 4) is 0 Å². The molecule has 0 saturated heterocycles. The van der Waals surface area contributed by atoms with Crippen LogP contribution in [-0.4, -0.2) is 27.1 Å². The van der Waals surface area contributed by atoms with Gasteiger partial charge in [0.1, 0.15) is 24.4 Å². The number of hydrogen-bond donors (Lipinski definition) is 1. The number of rotatable bonds is 3. The number of nitrogens with zero attached hydrogens (tertiary/aromatic N) is 3. The quantitative estimate of drug-likeness (QED) is 0.667. The number of nitrogens with two attached hydrogens (primary N) is 1. The van der Waals surface area contributed by atoms with Crippen LogP contribution < -0.4 is 5.73 Å². The van der Waals surface area contributed by atoms with E-state index in [-0.39, 0.29) is 5.97 Å². The number of fused-ring (bicyclic) bond motifs is 1. The number of halogens is 1. The Labute approximate surface area is 111 Å². The van der Waals surface area contributed by atoms with E-state index < -0.39 is 0 Å². The highest BCUT2D eigenvalue weighted by atomic mass is 127. The first-order valence-electron chi connectivity index (χ1n) is 4.97. The number of aromatic nitrogens is 3. The van der Waals surface area contributed by atoms with Gasteiger partial charge in [-0.1, -0.05) is 0 Å². The largest absolute Gasteiger partial charge is 0.464 e. The molecule has 2 heterocycles. The molecule has 0 spiro atoms. The van der Waals surface area contributed by atoms with Crippen LogP contribution in [0.25, 0.3) is 11.0 Å². The molecule has 0 aromatic carbocycles. The van der Waals surface area contributed by atoms with Gasteiger partial charge in [0, 0.05) is 16.7 Å². The van der Waals surface area contributed by atoms with Crippen molar-refractivity contribution in [2.75, 3.05) is 12.3 Å². The van der Waals surface area contributed by atoms with Crippen molar-refractivity contribution >= 4 is 45.4 Å². The Hall–Kier alpha value is -1.38. The first-order valence-corrected chi connectivity index (χ1v) is 6.05. The molecule has 2 N–H and O–H groups in total. The molecule has 0 aliphatic heterocycles. The summed E-state index contributed by atoms with van der Waals surface area (Å²) in [5.41, 5.74) is 6.55. The van der Waals surface area contributed by atoms with E-state index in [1.807, 2.05) is 10.8 Å². The third kappa shape index (κ3) is 2.48. The van der Waals surface area contributed by atoms with Crippen molar-refractivity contribution in [3.05, 3.63) is 16.1 Å². The van der Waals surface area contributed by atoms with Crippen LogP contribution >= 0.6 is 22.6 Å². The van der Waals surface area contributed by atoms with Gasteiger partial charge in [0.15, 0.2) is 0 Å². The van der Waals surface area contributed by atoms with Gasteiger partial charge in [-0.05, 0) is 22.6 Å². The molecule has 90 valence electrons. The van der Waals surface area contributed by atoms with Crippen LogP contribution in [0.1, 0.15) is 6.92 Å². The number of hydrogen-bond acceptors (Lipinski definition) is 5. The number of nitrogen functional groups attached to an aromatic ring is 1. The molecule has 0 unspecified atom stereocenters. The first-order chi connectivity index (χ1) is 8.09. The molecule has 7 heteroatoms. The van der Waals surface area contributed by atoms with E-state index in [2.05, 4.69) is 32.6 Å². The average Bonchev–Trinajstić information content (AvgIpc) is 2.57. The summed E-state index contributed by atoms with van der Waals surface area (Å²) in [6, 6.07) is 0. The second-order valence-corrected chi connectivity index (χ2v) is 4.63. The van der Waals surface area contributed by atoms with E-state index >= 15 is 0 Å². The van der Waals surface area contributed by atoms with Crippen LogP contribution in [0.4, 0.5) is 5.82 Å². The highest BCUT2D eigenvalue weighted by molar-refractivity contribution is 14.1. The van der Waals surface area contributed by atoms with Gasteiger partial charge in [0.05, 0.1) is 11.9 Å². The fraction of sp³-hybridized carbons (Fsp3) is 0.300. The van der Waals surface area contributed by atoms with Gasteiger partial charge in [-0.3, -0.25) is 4.79 Å². The molecule has 2 rings (SSSR count). The highest BCUT2D eigenvalue weighted by Crippen LogP contribution is 2.24. The summed E-state index contributed by atoms with van der Waals surface area (Å²) >= 11 is 2.18. The summed E-state index contributed by atoms with van der Waals surface area (Å²) < 4.78 is 7.78. The van der Waals surface area contributed by atoms with E-state index in [9.17, 15) is 4.79 Å². The molecular weight excluding hydrogens is 335 g/mol. The molecule has 0 atom stereocenters. The summed E-state index contributed by atoms with van der Waals surface area (Å²) in [6.07, 6.45) is 3.34. The minimum Gasteiger partial charge on any atom is -0.464 e. The van der Waals surface area contributed by atoms with Gasteiger partial charge in [-0.2, -0.15) is 0 Å². The second-order valence-electron chi connectivity index (χ2n) is 3.47. The summed E-state index contributed by atoms with van der Waals surface area (Å²) in [4.78, 5) is 18.8. The fourth-order valence-electron chi connectivity index (χ4n) is 1.56. The zero-order chi connectivity index (χ0) is 12.4. The molecular formula is C10H11IN4O2. The molecule has 2 aromatic heterocycles. The van der Waals surface area contributed by atoms with Crippen LogP contribution in [0, 0.1) is 3.57 Å². The topological polar surface area (TPSA) is 83.0 Å². The van der Waals surface area contributed by atoms with Gasteiger partial charge >= 0.3 is 5.97 Å². The van der Waals surface area contributed by atoms with Crippen molar-refractivity contribution in [2.24, 2.45) is 0 Å². The van der Waals surface area contributed by atoms with Crippen LogP contribution in [0.5, 0.6) is 0 Å². The summed E-state index contributed by atoms with van der Waals surface area (Å²) in [5, 5.41) is 0.843. The molecule has 0 aliphatic rings. The summed E-state index contributed by atoms with van der Waals surface area (Å²) in [6.45, 7) is 2.26. The van der Waals surface area contributed by atoms with Crippen LogP contribution in [-0.2, 0) is 16.1 Å². The SMILES string of the molecule is CC(=O)OCCn1cc(I)c2c(N)ncnc21. The van der Waals surface area contributed by atoms with E-state index in [4.69, 9.17) is 10.5 Å². The zero-order valence-corrected chi connectivity index (χ0v) is 11.3. The zero-order valence-electron chi connectivity index (χ0n) is 9.18. The Morgan fingerprint density at radius 2 is 2.35 bits per heavy atom. The van der Waals surface area contributed by atoms with E-state index in [0.717, 1.165) is 14.6 Å². The maximum atomic E-state index is 10.7. The van der Waals surface area contributed by atoms with Crippen molar-refractivity contribution in [1.82, 2.24) is 14.5 Å². The molecule has 0 saturated carbocycles. The minimum absolute atomic E-state index is 0.287. The van der Waals surface area contributed by atoms with E-state index in [1.54, 1.807) is 0 Å². The Morgan fingerprint density at radius 1 is 1.59 bits per heavy atom. The van der Waals surface area contributed by atoms with Crippen molar-refractivity contribution in [2.45, 2.75) is 13.5 Å². The third-order valence-corrected chi connectivity index (χ3v) is 3.09. The normalized spacial score (nSPS) is 10.7. The van der Waals surface area contributed by atoms with Crippen LogP contribution in [0.2, 0.25) is 0 Å². The Kier molecular flexibility index (Phi) is 3.46. The van der Waals surface area contributed by atoms with Crippen molar-refractivity contribution in [3.63, 3.8) is 0 Å². The lowest BCUT2D eigenvalue weighted by Gasteiger charge is -2.04. The van der Waals surface area contributed by atoms with Crippen molar-refractivity contribution < 1.29 is 9.53 Å². The van der Waals surface area contributed by atoms with Crippen LogP contribution in [0.15, 0.2) is 12.5 Å². The lowest BCUT2D eigenvalue weighted by atomic mass is 10.4. The Balaban J connectivity index is 2.29. The van der Waals surface area contributed by atoms with Gasteiger partial charge in [-0.25, -0.2) is 9.97 Å². The number of carbonyl (C=O) groups excluding carboxylic acids is 1. The van der Waals surface area contributed by atoms with Gasteiger partial charge in [-0.15, -0.1) is 0 Å². The lowest BCUT2D eigenvalue weighted by molar-refractivity contribution is -0.141. The molecule has 0 fully saturated rings. The van der Waals surface area contributed by atoms with Crippen molar-refractivity contribution in [1.29, 1.82) is 0 Å². The Morgan fingerprint density at radius 3 is 3.06 bits per heavy atom. The summed E-state index contributed by atoms with van der Waals surface area (Å²) in [5.74, 6) is 0.177. The molecule has 0 radical (unpaired) electrons. The maximum absolute atomic E-state index is 10.7. The predicted molar refractivity (Wildman–Crippen MR) is 71.3 cm³/mol. The smallest absolute Gasteiger partial charge is 0.302 e. The monoisotopic (exact) mass is 346 g/mol. The van der Waals surface area contributed by atoms with Gasteiger partial charge in [0.25, 0.3) is 0 Å². The molecule has 0 bridgehead atoms. The standard InChI is InChI=1S/C10H11IN4O2/c1-6(16)17-3-2-15-4-7(11)8-9(12)13-5-14-10(8)15/h4-5H,2-3H2,1H3,(H2,12,13,14). The number of ether oxygens (including phenoxy) is 1. The number of anilines is 1. The third-order valence-electron chi connectivity index (χ3n) is 2.27. The second kappa shape index (κ2) is 4.86. The fourth-order valence-corrected chi connectivity index (χ4v) is 2.41. The van der Waals surface area contributed by atoms with Gasteiger partial charge in [0.2, 0.25) is 0 Å².